The van der Waals surface area contributed by atoms with Crippen LogP contribution in [0.4, 0.5) is 0 Å². The molecule has 1 fully saturated rings. The molecule has 2 aliphatic rings. The van der Waals surface area contributed by atoms with Gasteiger partial charge in [-0.3, -0.25) is 0 Å². The van der Waals surface area contributed by atoms with Crippen LogP contribution in [0.1, 0.15) is 18.4 Å². The quantitative estimate of drug-likeness (QED) is 0.696. The topological polar surface area (TPSA) is 34.9 Å². The molecular formula is C14H12N2O. The molecule has 4 rings (SSSR count). The van der Waals surface area contributed by atoms with E-state index in [2.05, 4.69) is 33.8 Å². The van der Waals surface area contributed by atoms with Crippen LogP contribution in [-0.2, 0) is 10.3 Å². The van der Waals surface area contributed by atoms with Gasteiger partial charge < -0.3 is 9.36 Å². The van der Waals surface area contributed by atoms with Crippen molar-refractivity contribution in [1.29, 1.82) is 0 Å². The zero-order valence-electron chi connectivity index (χ0n) is 9.34. The van der Waals surface area contributed by atoms with Crippen LogP contribution in [-0.4, -0.2) is 15.8 Å². The summed E-state index contributed by atoms with van der Waals surface area (Å²) in [4.78, 5) is 15.1. The third-order valence-corrected chi connectivity index (χ3v) is 4.20. The van der Waals surface area contributed by atoms with Crippen molar-refractivity contribution in [3.8, 4) is 11.3 Å². The number of aromatic nitrogens is 2. The van der Waals surface area contributed by atoms with Crippen molar-refractivity contribution in [2.45, 2.75) is 18.4 Å². The summed E-state index contributed by atoms with van der Waals surface area (Å²) in [6, 6.07) is 8.47. The molecule has 1 aromatic heterocycles. The minimum absolute atomic E-state index is 0.00794. The standard InChI is InChI=1S/C14H12N2O/c17-8-10-5-14(6-10)12-4-2-1-3-11(12)13-7-15-9-16(13)14/h1-4,7-10H,5-6H2. The molecule has 3 heteroatoms. The van der Waals surface area contributed by atoms with Gasteiger partial charge in [-0.05, 0) is 18.4 Å². The smallest absolute Gasteiger partial charge is 0.123 e. The molecule has 0 bridgehead atoms. The largest absolute Gasteiger partial charge is 0.320 e. The van der Waals surface area contributed by atoms with E-state index in [1.807, 2.05) is 12.5 Å². The maximum atomic E-state index is 10.9. The number of hydrogen-bond donors (Lipinski definition) is 0. The van der Waals surface area contributed by atoms with E-state index in [9.17, 15) is 4.79 Å². The molecule has 0 atom stereocenters. The highest BCUT2D eigenvalue weighted by Crippen LogP contribution is 2.55. The predicted octanol–water partition coefficient (Wildman–Crippen LogP) is 2.22. The van der Waals surface area contributed by atoms with Crippen LogP contribution in [0.3, 0.4) is 0 Å². The Morgan fingerprint density at radius 1 is 1.35 bits per heavy atom. The third kappa shape index (κ3) is 0.931. The van der Waals surface area contributed by atoms with E-state index in [0.717, 1.165) is 19.1 Å². The summed E-state index contributed by atoms with van der Waals surface area (Å²) in [6.45, 7) is 0. The lowest BCUT2D eigenvalue weighted by atomic mass is 9.65. The Kier molecular flexibility index (Phi) is 1.54. The SMILES string of the molecule is O=CC1CC2(C1)c1ccccc1-c1cncn12. The Morgan fingerprint density at radius 2 is 2.18 bits per heavy atom. The van der Waals surface area contributed by atoms with Crippen LogP contribution in [0.25, 0.3) is 11.3 Å². The maximum Gasteiger partial charge on any atom is 0.123 e. The lowest BCUT2D eigenvalue weighted by Gasteiger charge is -2.45. The van der Waals surface area contributed by atoms with Crippen molar-refractivity contribution in [1.82, 2.24) is 9.55 Å². The number of benzene rings is 1. The molecule has 17 heavy (non-hydrogen) atoms. The van der Waals surface area contributed by atoms with E-state index >= 15 is 0 Å². The summed E-state index contributed by atoms with van der Waals surface area (Å²) in [6.07, 6.45) is 6.73. The van der Waals surface area contributed by atoms with E-state index in [4.69, 9.17) is 0 Å². The van der Waals surface area contributed by atoms with Crippen molar-refractivity contribution in [3.63, 3.8) is 0 Å². The Hall–Kier alpha value is -1.90. The predicted molar refractivity (Wildman–Crippen MR) is 63.5 cm³/mol. The fraction of sp³-hybridized carbons (Fsp3) is 0.286. The second kappa shape index (κ2) is 2.86. The minimum Gasteiger partial charge on any atom is -0.320 e. The van der Waals surface area contributed by atoms with Crippen LogP contribution in [0.5, 0.6) is 0 Å². The molecular weight excluding hydrogens is 212 g/mol. The minimum atomic E-state index is 0.00794. The fourth-order valence-corrected chi connectivity index (χ4v) is 3.40. The van der Waals surface area contributed by atoms with Crippen LogP contribution in [0, 0.1) is 5.92 Å². The molecule has 0 unspecified atom stereocenters. The number of rotatable bonds is 1. The first-order chi connectivity index (χ1) is 8.35. The summed E-state index contributed by atoms with van der Waals surface area (Å²) in [7, 11) is 0. The number of fused-ring (bicyclic) bond motifs is 5. The molecule has 0 radical (unpaired) electrons. The van der Waals surface area contributed by atoms with E-state index in [-0.39, 0.29) is 11.5 Å². The molecule has 1 aromatic carbocycles. The molecule has 2 aromatic rings. The van der Waals surface area contributed by atoms with Crippen molar-refractivity contribution in [2.24, 2.45) is 5.92 Å². The van der Waals surface area contributed by atoms with Crippen molar-refractivity contribution < 1.29 is 4.79 Å². The first-order valence-electron chi connectivity index (χ1n) is 5.93. The fourth-order valence-electron chi connectivity index (χ4n) is 3.40. The summed E-state index contributed by atoms with van der Waals surface area (Å²) >= 11 is 0. The highest BCUT2D eigenvalue weighted by molar-refractivity contribution is 5.73. The summed E-state index contributed by atoms with van der Waals surface area (Å²) in [5.74, 6) is 0.205. The molecule has 84 valence electrons. The number of imidazole rings is 1. The van der Waals surface area contributed by atoms with Gasteiger partial charge in [0.15, 0.2) is 0 Å². The second-order valence-electron chi connectivity index (χ2n) is 5.03. The van der Waals surface area contributed by atoms with Crippen LogP contribution >= 0.6 is 0 Å². The lowest BCUT2D eigenvalue weighted by Crippen LogP contribution is -2.45. The monoisotopic (exact) mass is 224 g/mol. The van der Waals surface area contributed by atoms with Crippen LogP contribution in [0.2, 0.25) is 0 Å². The van der Waals surface area contributed by atoms with E-state index in [1.54, 1.807) is 0 Å². The molecule has 0 amide bonds. The van der Waals surface area contributed by atoms with Gasteiger partial charge in [0.05, 0.1) is 23.8 Å². The normalized spacial score (nSPS) is 28.6. The van der Waals surface area contributed by atoms with E-state index < -0.39 is 0 Å². The number of carbonyl (C=O) groups excluding carboxylic acids is 1. The molecule has 2 heterocycles. The highest BCUT2D eigenvalue weighted by Gasteiger charge is 2.52. The number of aldehydes is 1. The van der Waals surface area contributed by atoms with Crippen molar-refractivity contribution in [3.05, 3.63) is 42.4 Å². The molecule has 1 aliphatic carbocycles. The Morgan fingerprint density at radius 3 is 3.00 bits per heavy atom. The number of nitrogens with zero attached hydrogens (tertiary/aromatic N) is 2. The summed E-state index contributed by atoms with van der Waals surface area (Å²) < 4.78 is 2.25. The van der Waals surface area contributed by atoms with Crippen molar-refractivity contribution in [2.75, 3.05) is 0 Å². The Labute approximate surface area is 99.1 Å². The van der Waals surface area contributed by atoms with E-state index in [0.29, 0.717) is 0 Å². The van der Waals surface area contributed by atoms with Crippen LogP contribution < -0.4 is 0 Å². The average Bonchev–Trinajstić information content (AvgIpc) is 2.86. The molecule has 0 saturated heterocycles. The van der Waals surface area contributed by atoms with Crippen LogP contribution in [0.15, 0.2) is 36.8 Å². The van der Waals surface area contributed by atoms with Gasteiger partial charge in [-0.1, -0.05) is 24.3 Å². The zero-order chi connectivity index (χ0) is 11.5. The molecule has 3 nitrogen and oxygen atoms in total. The molecule has 1 spiro atoms. The van der Waals surface area contributed by atoms with Gasteiger partial charge in [0.2, 0.25) is 0 Å². The van der Waals surface area contributed by atoms with Gasteiger partial charge in [-0.25, -0.2) is 4.98 Å². The van der Waals surface area contributed by atoms with Crippen molar-refractivity contribution >= 4 is 6.29 Å². The Balaban J connectivity index is 1.95. The molecule has 1 saturated carbocycles. The number of hydrogen-bond acceptors (Lipinski definition) is 2. The molecule has 0 N–H and O–H groups in total. The average molecular weight is 224 g/mol. The van der Waals surface area contributed by atoms with Gasteiger partial charge in [0.1, 0.15) is 6.29 Å². The van der Waals surface area contributed by atoms with Gasteiger partial charge in [0, 0.05) is 11.5 Å². The van der Waals surface area contributed by atoms with Gasteiger partial charge in [-0.15, -0.1) is 0 Å². The second-order valence-corrected chi connectivity index (χ2v) is 5.03. The number of carbonyl (C=O) groups is 1. The van der Waals surface area contributed by atoms with E-state index in [1.165, 1.54) is 16.8 Å². The summed E-state index contributed by atoms with van der Waals surface area (Å²) in [5, 5.41) is 0. The zero-order valence-corrected chi connectivity index (χ0v) is 9.34. The summed E-state index contributed by atoms with van der Waals surface area (Å²) in [5.41, 5.74) is 3.82. The maximum absolute atomic E-state index is 10.9. The highest BCUT2D eigenvalue weighted by atomic mass is 16.1. The molecule has 1 aliphatic heterocycles. The van der Waals surface area contributed by atoms with Gasteiger partial charge >= 0.3 is 0 Å². The first kappa shape index (κ1) is 9.16. The first-order valence-corrected chi connectivity index (χ1v) is 5.93. The third-order valence-electron chi connectivity index (χ3n) is 4.20. The lowest BCUT2D eigenvalue weighted by molar-refractivity contribution is -0.115. The Bertz CT molecular complexity index is 608. The van der Waals surface area contributed by atoms with Gasteiger partial charge in [0.25, 0.3) is 0 Å². The van der Waals surface area contributed by atoms with Gasteiger partial charge in [-0.2, -0.15) is 0 Å².